The lowest BCUT2D eigenvalue weighted by Crippen LogP contribution is -2.56. The van der Waals surface area contributed by atoms with Gasteiger partial charge in [0.1, 0.15) is 0 Å². The third-order valence-corrected chi connectivity index (χ3v) is 6.21. The predicted molar refractivity (Wildman–Crippen MR) is 87.8 cm³/mol. The van der Waals surface area contributed by atoms with E-state index in [4.69, 9.17) is 5.73 Å². The minimum atomic E-state index is 0.333. The molecule has 118 valence electrons. The normalized spacial score (nSPS) is 37.6. The van der Waals surface area contributed by atoms with Crippen LogP contribution in [0.5, 0.6) is 0 Å². The summed E-state index contributed by atoms with van der Waals surface area (Å²) in [6.07, 6.45) is 9.51. The van der Waals surface area contributed by atoms with Gasteiger partial charge in [-0.25, -0.2) is 0 Å². The van der Waals surface area contributed by atoms with E-state index in [1.54, 1.807) is 0 Å². The molecule has 1 heterocycles. The molecule has 1 saturated carbocycles. The van der Waals surface area contributed by atoms with Gasteiger partial charge in [0, 0.05) is 12.1 Å². The van der Waals surface area contributed by atoms with E-state index >= 15 is 0 Å². The molecule has 0 radical (unpaired) electrons. The lowest BCUT2D eigenvalue weighted by atomic mass is 9.75. The zero-order valence-electron chi connectivity index (χ0n) is 14.3. The van der Waals surface area contributed by atoms with E-state index in [0.717, 1.165) is 18.4 Å². The van der Waals surface area contributed by atoms with E-state index in [9.17, 15) is 0 Å². The molecule has 0 spiro atoms. The fourth-order valence-corrected chi connectivity index (χ4v) is 4.39. The van der Waals surface area contributed by atoms with Gasteiger partial charge >= 0.3 is 0 Å². The molecule has 20 heavy (non-hydrogen) atoms. The van der Waals surface area contributed by atoms with Crippen LogP contribution in [0.1, 0.15) is 72.6 Å². The molecular formula is C18H36N2. The standard InChI is InChI=1S/C18H36N2/c1-15-7-10-18(14-19,11-8-15)20-12-5-6-16(9-13-20)17(2,3)4/h15-16H,5-14,19H2,1-4H3. The van der Waals surface area contributed by atoms with Crippen LogP contribution >= 0.6 is 0 Å². The second-order valence-electron chi connectivity index (χ2n) is 8.59. The SMILES string of the molecule is CC1CCC(CN)(N2CCCC(C(C)(C)C)CC2)CC1. The molecule has 0 bridgehead atoms. The van der Waals surface area contributed by atoms with Gasteiger partial charge in [-0.05, 0) is 75.3 Å². The summed E-state index contributed by atoms with van der Waals surface area (Å²) in [5, 5.41) is 0. The van der Waals surface area contributed by atoms with E-state index in [-0.39, 0.29) is 0 Å². The zero-order valence-corrected chi connectivity index (χ0v) is 14.3. The van der Waals surface area contributed by atoms with Gasteiger partial charge in [0.05, 0.1) is 0 Å². The number of hydrogen-bond donors (Lipinski definition) is 1. The highest BCUT2D eigenvalue weighted by Gasteiger charge is 2.39. The monoisotopic (exact) mass is 280 g/mol. The zero-order chi connectivity index (χ0) is 14.8. The predicted octanol–water partition coefficient (Wildman–Crippen LogP) is 4.04. The van der Waals surface area contributed by atoms with Crippen molar-refractivity contribution in [2.45, 2.75) is 78.2 Å². The number of nitrogens with zero attached hydrogens (tertiary/aromatic N) is 1. The van der Waals surface area contributed by atoms with Crippen LogP contribution in [-0.4, -0.2) is 30.1 Å². The van der Waals surface area contributed by atoms with E-state index in [0.29, 0.717) is 11.0 Å². The molecule has 2 N–H and O–H groups in total. The second kappa shape index (κ2) is 6.36. The van der Waals surface area contributed by atoms with Gasteiger partial charge in [-0.1, -0.05) is 27.7 Å². The highest BCUT2D eigenvalue weighted by atomic mass is 15.2. The Morgan fingerprint density at radius 1 is 1.05 bits per heavy atom. The lowest BCUT2D eigenvalue weighted by molar-refractivity contribution is 0.0450. The molecule has 0 aromatic rings. The first-order valence-electron chi connectivity index (χ1n) is 8.82. The fourth-order valence-electron chi connectivity index (χ4n) is 4.39. The Kier molecular flexibility index (Phi) is 5.18. The molecule has 0 aromatic carbocycles. The van der Waals surface area contributed by atoms with Crippen LogP contribution in [0.2, 0.25) is 0 Å². The molecule has 1 aliphatic carbocycles. The molecule has 1 aliphatic heterocycles. The summed E-state index contributed by atoms with van der Waals surface area (Å²) < 4.78 is 0. The van der Waals surface area contributed by atoms with Crippen LogP contribution < -0.4 is 5.73 Å². The molecular weight excluding hydrogens is 244 g/mol. The van der Waals surface area contributed by atoms with Gasteiger partial charge in [-0.15, -0.1) is 0 Å². The molecule has 2 heteroatoms. The summed E-state index contributed by atoms with van der Waals surface area (Å²) in [4.78, 5) is 2.78. The Morgan fingerprint density at radius 3 is 2.25 bits per heavy atom. The molecule has 2 rings (SSSR count). The third kappa shape index (κ3) is 3.57. The van der Waals surface area contributed by atoms with Crippen molar-refractivity contribution in [1.29, 1.82) is 0 Å². The average Bonchev–Trinajstić information content (AvgIpc) is 2.66. The summed E-state index contributed by atoms with van der Waals surface area (Å²) in [5.74, 6) is 1.79. The van der Waals surface area contributed by atoms with Crippen molar-refractivity contribution in [2.24, 2.45) is 23.0 Å². The van der Waals surface area contributed by atoms with E-state index < -0.39 is 0 Å². The summed E-state index contributed by atoms with van der Waals surface area (Å²) in [6.45, 7) is 13.0. The van der Waals surface area contributed by atoms with Crippen molar-refractivity contribution in [3.8, 4) is 0 Å². The number of rotatable bonds is 2. The molecule has 1 unspecified atom stereocenters. The first-order chi connectivity index (χ1) is 9.37. The Bertz CT molecular complexity index is 297. The first kappa shape index (κ1) is 16.3. The van der Waals surface area contributed by atoms with Crippen molar-refractivity contribution in [3.05, 3.63) is 0 Å². The van der Waals surface area contributed by atoms with Crippen molar-refractivity contribution in [1.82, 2.24) is 4.90 Å². The second-order valence-corrected chi connectivity index (χ2v) is 8.59. The van der Waals surface area contributed by atoms with Crippen LogP contribution in [0.3, 0.4) is 0 Å². The van der Waals surface area contributed by atoms with Gasteiger partial charge < -0.3 is 5.73 Å². The summed E-state index contributed by atoms with van der Waals surface area (Å²) >= 11 is 0. The molecule has 1 saturated heterocycles. The summed E-state index contributed by atoms with van der Waals surface area (Å²) in [7, 11) is 0. The van der Waals surface area contributed by atoms with E-state index in [1.165, 1.54) is 58.0 Å². The van der Waals surface area contributed by atoms with Crippen LogP contribution in [-0.2, 0) is 0 Å². The Morgan fingerprint density at radius 2 is 1.70 bits per heavy atom. The summed E-state index contributed by atoms with van der Waals surface area (Å²) in [5.41, 5.74) is 7.04. The number of nitrogens with two attached hydrogens (primary N) is 1. The van der Waals surface area contributed by atoms with Gasteiger partial charge in [0.15, 0.2) is 0 Å². The molecule has 0 aromatic heterocycles. The number of hydrogen-bond acceptors (Lipinski definition) is 2. The Labute approximate surface area is 126 Å². The van der Waals surface area contributed by atoms with Gasteiger partial charge in [0.2, 0.25) is 0 Å². The van der Waals surface area contributed by atoms with E-state index in [2.05, 4.69) is 32.6 Å². The maximum atomic E-state index is 6.24. The Hall–Kier alpha value is -0.0800. The highest BCUT2D eigenvalue weighted by molar-refractivity contribution is 4.96. The van der Waals surface area contributed by atoms with Gasteiger partial charge in [-0.2, -0.15) is 0 Å². The first-order valence-corrected chi connectivity index (χ1v) is 8.82. The third-order valence-electron chi connectivity index (χ3n) is 6.21. The van der Waals surface area contributed by atoms with Crippen molar-refractivity contribution >= 4 is 0 Å². The van der Waals surface area contributed by atoms with Crippen molar-refractivity contribution in [2.75, 3.05) is 19.6 Å². The molecule has 2 nitrogen and oxygen atoms in total. The topological polar surface area (TPSA) is 29.3 Å². The fraction of sp³-hybridized carbons (Fsp3) is 1.00. The summed E-state index contributed by atoms with van der Waals surface area (Å²) in [6, 6.07) is 0. The lowest BCUT2D eigenvalue weighted by Gasteiger charge is -2.47. The van der Waals surface area contributed by atoms with Crippen LogP contribution in [0.15, 0.2) is 0 Å². The molecule has 2 fully saturated rings. The smallest absolute Gasteiger partial charge is 0.0331 e. The average molecular weight is 281 g/mol. The molecule has 0 amide bonds. The maximum Gasteiger partial charge on any atom is 0.0331 e. The molecule has 2 aliphatic rings. The van der Waals surface area contributed by atoms with Crippen molar-refractivity contribution < 1.29 is 0 Å². The largest absolute Gasteiger partial charge is 0.329 e. The van der Waals surface area contributed by atoms with Crippen LogP contribution in [0.4, 0.5) is 0 Å². The minimum Gasteiger partial charge on any atom is -0.329 e. The number of likely N-dealkylation sites (tertiary alicyclic amines) is 1. The van der Waals surface area contributed by atoms with E-state index in [1.807, 2.05) is 0 Å². The minimum absolute atomic E-state index is 0.333. The van der Waals surface area contributed by atoms with Gasteiger partial charge in [-0.3, -0.25) is 4.90 Å². The van der Waals surface area contributed by atoms with Crippen LogP contribution in [0, 0.1) is 17.3 Å². The van der Waals surface area contributed by atoms with Crippen LogP contribution in [0.25, 0.3) is 0 Å². The Balaban J connectivity index is 2.01. The molecule has 1 atom stereocenters. The van der Waals surface area contributed by atoms with Gasteiger partial charge in [0.25, 0.3) is 0 Å². The maximum absolute atomic E-state index is 6.24. The quantitative estimate of drug-likeness (QED) is 0.827. The highest BCUT2D eigenvalue weighted by Crippen LogP contribution is 2.40. The van der Waals surface area contributed by atoms with Crippen molar-refractivity contribution in [3.63, 3.8) is 0 Å².